The Morgan fingerprint density at radius 1 is 1.11 bits per heavy atom. The summed E-state index contributed by atoms with van der Waals surface area (Å²) < 4.78 is 15.3. The zero-order chi connectivity index (χ0) is 20.3. The van der Waals surface area contributed by atoms with Gasteiger partial charge in [-0.05, 0) is 49.0 Å². The van der Waals surface area contributed by atoms with E-state index in [0.29, 0.717) is 11.4 Å². The topological polar surface area (TPSA) is 58.5 Å². The van der Waals surface area contributed by atoms with E-state index in [-0.39, 0.29) is 0 Å². The van der Waals surface area contributed by atoms with E-state index in [4.69, 9.17) is 26.8 Å². The first-order valence-corrected chi connectivity index (χ1v) is 9.42. The minimum absolute atomic E-state index is 0.658. The van der Waals surface area contributed by atoms with E-state index in [1.54, 1.807) is 26.6 Å². The van der Waals surface area contributed by atoms with Crippen molar-refractivity contribution in [1.29, 1.82) is 0 Å². The van der Waals surface area contributed by atoms with E-state index in [1.165, 1.54) is 16.0 Å². The van der Waals surface area contributed by atoms with Crippen LogP contribution in [0.15, 0.2) is 36.7 Å². The molecule has 0 saturated carbocycles. The minimum atomic E-state index is 0.658. The van der Waals surface area contributed by atoms with Crippen LogP contribution in [-0.4, -0.2) is 40.6 Å². The molecule has 8 heteroatoms. The summed E-state index contributed by atoms with van der Waals surface area (Å²) in [6.45, 7) is 3.55. The summed E-state index contributed by atoms with van der Waals surface area (Å²) in [5.74, 6) is 2.32. The molecule has 0 aliphatic carbocycles. The molecule has 2 aromatic heterocycles. The van der Waals surface area contributed by atoms with E-state index in [2.05, 4.69) is 19.0 Å². The molecule has 0 radical (unpaired) electrons. The van der Waals surface area contributed by atoms with Crippen molar-refractivity contribution in [3.63, 3.8) is 0 Å². The van der Waals surface area contributed by atoms with Gasteiger partial charge in [0, 0.05) is 30.6 Å². The van der Waals surface area contributed by atoms with Gasteiger partial charge in [0.15, 0.2) is 24.0 Å². The van der Waals surface area contributed by atoms with Crippen molar-refractivity contribution in [3.8, 4) is 22.9 Å². The molecule has 1 aromatic carbocycles. The van der Waals surface area contributed by atoms with Gasteiger partial charge in [0.25, 0.3) is 0 Å². The van der Waals surface area contributed by atoms with Gasteiger partial charge in [0.1, 0.15) is 6.54 Å². The molecular weight excluding hydrogens is 374 g/mol. The van der Waals surface area contributed by atoms with Gasteiger partial charge >= 0.3 is 0 Å². The Morgan fingerprint density at radius 3 is 2.39 bits per heavy atom. The number of methoxy groups -OCH3 is 2. The average Bonchev–Trinajstić information content (AvgIpc) is 2.98. The van der Waals surface area contributed by atoms with E-state index < -0.39 is 0 Å². The number of aryl methyl sites for hydroxylation is 1. The molecule has 3 aromatic rings. The number of benzene rings is 1. The minimum Gasteiger partial charge on any atom is -0.493 e. The van der Waals surface area contributed by atoms with Crippen LogP contribution in [-0.2, 0) is 20.3 Å². The maximum atomic E-state index is 5.59. The van der Waals surface area contributed by atoms with E-state index >= 15 is 0 Å². The Hall–Kier alpha value is -2.71. The van der Waals surface area contributed by atoms with Gasteiger partial charge in [-0.25, -0.2) is 0 Å². The second-order valence-electron chi connectivity index (χ2n) is 6.83. The molecule has 0 saturated heterocycles. The first-order valence-electron chi connectivity index (χ1n) is 9.01. The van der Waals surface area contributed by atoms with Crippen LogP contribution in [0.4, 0.5) is 0 Å². The lowest BCUT2D eigenvalue weighted by Gasteiger charge is -2.17. The van der Waals surface area contributed by atoms with Gasteiger partial charge in [-0.2, -0.15) is 4.68 Å². The molecular formula is C20H26N5O2S+. The predicted molar refractivity (Wildman–Crippen MR) is 110 cm³/mol. The van der Waals surface area contributed by atoms with Crippen molar-refractivity contribution >= 4 is 12.2 Å². The number of nitrogens with zero attached hydrogens (tertiary/aromatic N) is 4. The van der Waals surface area contributed by atoms with E-state index in [0.717, 1.165) is 29.4 Å². The van der Waals surface area contributed by atoms with Crippen LogP contribution >= 0.6 is 12.2 Å². The van der Waals surface area contributed by atoms with Crippen molar-refractivity contribution in [3.05, 3.63) is 52.6 Å². The molecule has 2 heterocycles. The van der Waals surface area contributed by atoms with Crippen LogP contribution in [0.25, 0.3) is 11.4 Å². The largest absolute Gasteiger partial charge is 0.493 e. The molecule has 0 aliphatic rings. The summed E-state index contributed by atoms with van der Waals surface area (Å²) in [6, 6.07) is 7.92. The lowest BCUT2D eigenvalue weighted by atomic mass is 10.1. The molecule has 1 N–H and O–H groups in total. The summed E-state index contributed by atoms with van der Waals surface area (Å²) >= 11 is 5.59. The number of aromatic nitrogens is 4. The Morgan fingerprint density at radius 2 is 1.75 bits per heavy atom. The third-order valence-electron chi connectivity index (χ3n) is 4.73. The molecule has 148 valence electrons. The van der Waals surface area contributed by atoms with Gasteiger partial charge in [0.2, 0.25) is 4.77 Å². The van der Waals surface area contributed by atoms with Crippen LogP contribution in [0.3, 0.4) is 0 Å². The Bertz CT molecular complexity index is 1010. The quantitative estimate of drug-likeness (QED) is 0.615. The van der Waals surface area contributed by atoms with Crippen LogP contribution < -0.4 is 14.4 Å². The average molecular weight is 401 g/mol. The fourth-order valence-electron chi connectivity index (χ4n) is 3.19. The van der Waals surface area contributed by atoms with Crippen molar-refractivity contribution in [2.45, 2.75) is 20.1 Å². The van der Waals surface area contributed by atoms with Crippen LogP contribution in [0.1, 0.15) is 11.1 Å². The zero-order valence-corrected chi connectivity index (χ0v) is 17.7. The molecule has 3 rings (SSSR count). The maximum Gasteiger partial charge on any atom is 0.202 e. The number of pyridine rings is 1. The van der Waals surface area contributed by atoms with Gasteiger partial charge in [0.05, 0.1) is 21.3 Å². The lowest BCUT2D eigenvalue weighted by molar-refractivity contribution is -0.917. The lowest BCUT2D eigenvalue weighted by Crippen LogP contribution is -3.07. The fourth-order valence-corrected chi connectivity index (χ4v) is 3.38. The Balaban J connectivity index is 1.81. The molecule has 28 heavy (non-hydrogen) atoms. The summed E-state index contributed by atoms with van der Waals surface area (Å²) in [7, 11) is 7.37. The van der Waals surface area contributed by atoms with Gasteiger partial charge < -0.3 is 18.9 Å². The number of hydrogen-bond acceptors (Lipinski definition) is 5. The summed E-state index contributed by atoms with van der Waals surface area (Å²) in [5, 5.41) is 4.73. The number of nitrogens with one attached hydrogen (secondary N) is 1. The summed E-state index contributed by atoms with van der Waals surface area (Å²) in [5.41, 5.74) is 3.36. The van der Waals surface area contributed by atoms with Crippen molar-refractivity contribution in [2.75, 3.05) is 21.3 Å². The van der Waals surface area contributed by atoms with Gasteiger partial charge in [-0.15, -0.1) is 5.10 Å². The molecule has 0 bridgehead atoms. The van der Waals surface area contributed by atoms with E-state index in [1.807, 2.05) is 40.6 Å². The molecule has 0 fully saturated rings. The first kappa shape index (κ1) is 20.0. The van der Waals surface area contributed by atoms with Gasteiger partial charge in [-0.3, -0.25) is 4.98 Å². The Labute approximate surface area is 170 Å². The smallest absolute Gasteiger partial charge is 0.202 e. The zero-order valence-electron chi connectivity index (χ0n) is 16.9. The van der Waals surface area contributed by atoms with Crippen molar-refractivity contribution < 1.29 is 14.4 Å². The summed E-state index contributed by atoms with van der Waals surface area (Å²) in [6.07, 6.45) is 3.52. The van der Waals surface area contributed by atoms with Gasteiger partial charge in [-0.1, -0.05) is 0 Å². The van der Waals surface area contributed by atoms with Crippen molar-refractivity contribution in [1.82, 2.24) is 19.3 Å². The number of rotatable bonds is 7. The maximum absolute atomic E-state index is 5.59. The highest BCUT2D eigenvalue weighted by molar-refractivity contribution is 7.71. The summed E-state index contributed by atoms with van der Waals surface area (Å²) in [4.78, 5) is 5.32. The molecule has 0 aliphatic heterocycles. The Kier molecular flexibility index (Phi) is 6.11. The second kappa shape index (κ2) is 8.53. The predicted octanol–water partition coefficient (Wildman–Crippen LogP) is 2.01. The first-order chi connectivity index (χ1) is 13.4. The third-order valence-corrected chi connectivity index (χ3v) is 5.22. The SMILES string of the molecule is COc1cc(C)c(C[NH+](C)Cn2nc(-c3ccncc3)n(C)c2=S)cc1OC. The number of ether oxygens (including phenoxy) is 2. The molecule has 0 amide bonds. The van der Waals surface area contributed by atoms with Crippen LogP contribution in [0.5, 0.6) is 11.5 Å². The number of quaternary nitrogens is 1. The second-order valence-corrected chi connectivity index (χ2v) is 7.19. The molecule has 7 nitrogen and oxygen atoms in total. The highest BCUT2D eigenvalue weighted by Gasteiger charge is 2.15. The fraction of sp³-hybridized carbons (Fsp3) is 0.350. The highest BCUT2D eigenvalue weighted by atomic mass is 32.1. The van der Waals surface area contributed by atoms with Crippen molar-refractivity contribution in [2.24, 2.45) is 7.05 Å². The van der Waals surface area contributed by atoms with E-state index in [9.17, 15) is 0 Å². The standard InChI is InChI=1S/C20H25N5O2S/c1-14-10-17(26-4)18(27-5)11-16(14)12-23(2)13-25-20(28)24(3)19(22-25)15-6-8-21-9-7-15/h6-11H,12-13H2,1-5H3/p+1. The molecule has 0 spiro atoms. The normalized spacial score (nSPS) is 12.0. The highest BCUT2D eigenvalue weighted by Crippen LogP contribution is 2.29. The third kappa shape index (κ3) is 4.07. The van der Waals surface area contributed by atoms with Crippen LogP contribution in [0, 0.1) is 11.7 Å². The monoisotopic (exact) mass is 400 g/mol. The number of hydrogen-bond donors (Lipinski definition) is 1. The van der Waals surface area contributed by atoms with Crippen LogP contribution in [0.2, 0.25) is 0 Å². The molecule has 1 unspecified atom stereocenters. The molecule has 1 atom stereocenters.